The van der Waals surface area contributed by atoms with Gasteiger partial charge in [-0.3, -0.25) is 4.79 Å². The number of methoxy groups -OCH3 is 1. The van der Waals surface area contributed by atoms with Crippen LogP contribution in [0, 0.1) is 11.3 Å². The molecule has 19 heavy (non-hydrogen) atoms. The molecule has 1 aromatic carbocycles. The van der Waals surface area contributed by atoms with Crippen LogP contribution in [-0.2, 0) is 0 Å². The lowest BCUT2D eigenvalue weighted by molar-refractivity contribution is 0.103. The predicted molar refractivity (Wildman–Crippen MR) is 74.4 cm³/mol. The first-order chi connectivity index (χ1) is 9.17. The fraction of sp³-hybridized carbons (Fsp3) is 0.0769. The molecule has 5 nitrogen and oxygen atoms in total. The molecule has 6 heteroatoms. The van der Waals surface area contributed by atoms with Crippen LogP contribution in [0.4, 0.5) is 11.4 Å². The number of nitrogens with two attached hydrogens (primary N) is 1. The summed E-state index contributed by atoms with van der Waals surface area (Å²) in [6.45, 7) is 0. The Morgan fingerprint density at radius 2 is 2.26 bits per heavy atom. The highest BCUT2D eigenvalue weighted by Gasteiger charge is 2.16. The smallest absolute Gasteiger partial charge is 0.267 e. The Labute approximate surface area is 114 Å². The number of anilines is 2. The Kier molecular flexibility index (Phi) is 3.68. The Morgan fingerprint density at radius 3 is 2.84 bits per heavy atom. The molecule has 0 saturated heterocycles. The summed E-state index contributed by atoms with van der Waals surface area (Å²) in [6, 6.07) is 8.64. The number of benzene rings is 1. The van der Waals surface area contributed by atoms with Gasteiger partial charge in [0.25, 0.3) is 5.91 Å². The molecule has 0 aliphatic carbocycles. The van der Waals surface area contributed by atoms with Crippen molar-refractivity contribution in [1.82, 2.24) is 0 Å². The molecule has 0 atom stereocenters. The summed E-state index contributed by atoms with van der Waals surface area (Å²) in [7, 11) is 1.48. The van der Waals surface area contributed by atoms with Crippen LogP contribution in [-0.4, -0.2) is 13.0 Å². The summed E-state index contributed by atoms with van der Waals surface area (Å²) in [5, 5.41) is 13.5. The van der Waals surface area contributed by atoms with E-state index >= 15 is 0 Å². The molecule has 0 aliphatic rings. The van der Waals surface area contributed by atoms with Gasteiger partial charge in [-0.05, 0) is 23.6 Å². The molecule has 3 N–H and O–H groups in total. The molecule has 2 rings (SSSR count). The van der Waals surface area contributed by atoms with E-state index in [-0.39, 0.29) is 5.91 Å². The molecule has 2 aromatic rings. The molecule has 0 unspecified atom stereocenters. The minimum Gasteiger partial charge on any atom is -0.495 e. The number of rotatable bonds is 3. The minimum atomic E-state index is -0.353. The number of amides is 1. The number of carbonyl (C=O) groups is 1. The first kappa shape index (κ1) is 12.9. The second-order valence-corrected chi connectivity index (χ2v) is 4.57. The van der Waals surface area contributed by atoms with E-state index in [2.05, 4.69) is 5.32 Å². The van der Waals surface area contributed by atoms with E-state index in [9.17, 15) is 4.79 Å². The third kappa shape index (κ3) is 2.51. The van der Waals surface area contributed by atoms with Gasteiger partial charge in [0, 0.05) is 0 Å². The van der Waals surface area contributed by atoms with E-state index in [1.54, 1.807) is 29.6 Å². The van der Waals surface area contributed by atoms with Crippen molar-refractivity contribution in [3.63, 3.8) is 0 Å². The number of ether oxygens (including phenoxy) is 1. The van der Waals surface area contributed by atoms with Crippen LogP contribution < -0.4 is 15.8 Å². The van der Waals surface area contributed by atoms with Gasteiger partial charge in [0.05, 0.1) is 18.4 Å². The molecular formula is C13H11N3O2S. The monoisotopic (exact) mass is 273 g/mol. The first-order valence-corrected chi connectivity index (χ1v) is 6.26. The maximum absolute atomic E-state index is 12.1. The highest BCUT2D eigenvalue weighted by molar-refractivity contribution is 7.12. The minimum absolute atomic E-state index is 0.336. The van der Waals surface area contributed by atoms with E-state index < -0.39 is 0 Å². The summed E-state index contributed by atoms with van der Waals surface area (Å²) < 4.78 is 5.14. The molecule has 0 radical (unpaired) electrons. The molecule has 1 amide bonds. The number of hydrogen-bond acceptors (Lipinski definition) is 5. The average Bonchev–Trinajstić information content (AvgIpc) is 2.85. The number of nitrogen functional groups attached to an aromatic ring is 1. The number of carbonyl (C=O) groups excluding carboxylic acids is 1. The lowest BCUT2D eigenvalue weighted by atomic mass is 10.1. The van der Waals surface area contributed by atoms with Gasteiger partial charge >= 0.3 is 0 Å². The second-order valence-electron chi connectivity index (χ2n) is 3.65. The molecule has 0 fully saturated rings. The fourth-order valence-electron chi connectivity index (χ4n) is 1.60. The maximum Gasteiger partial charge on any atom is 0.267 e. The van der Waals surface area contributed by atoms with Gasteiger partial charge in [-0.25, -0.2) is 0 Å². The van der Waals surface area contributed by atoms with Gasteiger partial charge in [-0.1, -0.05) is 6.07 Å². The Balaban J connectivity index is 2.36. The number of hydrogen-bond donors (Lipinski definition) is 2. The third-order valence-corrected chi connectivity index (χ3v) is 3.44. The van der Waals surface area contributed by atoms with Crippen LogP contribution >= 0.6 is 11.3 Å². The van der Waals surface area contributed by atoms with Crippen molar-refractivity contribution < 1.29 is 9.53 Å². The van der Waals surface area contributed by atoms with Gasteiger partial charge < -0.3 is 15.8 Å². The highest BCUT2D eigenvalue weighted by Crippen LogP contribution is 2.29. The molecule has 1 heterocycles. The number of para-hydroxylation sites is 1. The van der Waals surface area contributed by atoms with Crippen molar-refractivity contribution in [1.29, 1.82) is 5.26 Å². The maximum atomic E-state index is 12.1. The summed E-state index contributed by atoms with van der Waals surface area (Å²) in [6.07, 6.45) is 0. The zero-order valence-corrected chi connectivity index (χ0v) is 11.0. The van der Waals surface area contributed by atoms with Crippen LogP contribution in [0.1, 0.15) is 15.2 Å². The number of nitriles is 1. The first-order valence-electron chi connectivity index (χ1n) is 5.38. The van der Waals surface area contributed by atoms with Crippen LogP contribution in [0.25, 0.3) is 0 Å². The number of nitrogens with zero attached hydrogens (tertiary/aromatic N) is 1. The van der Waals surface area contributed by atoms with Crippen molar-refractivity contribution in [3.8, 4) is 11.8 Å². The second kappa shape index (κ2) is 5.42. The summed E-state index contributed by atoms with van der Waals surface area (Å²) in [5.74, 6) is 0.0797. The van der Waals surface area contributed by atoms with E-state index in [1.165, 1.54) is 18.4 Å². The Hall–Kier alpha value is -2.52. The summed E-state index contributed by atoms with van der Waals surface area (Å²) in [4.78, 5) is 12.5. The lowest BCUT2D eigenvalue weighted by Crippen LogP contribution is -2.13. The molecular weight excluding hydrogens is 262 g/mol. The van der Waals surface area contributed by atoms with Crippen LogP contribution in [0.2, 0.25) is 0 Å². The fourth-order valence-corrected chi connectivity index (χ4v) is 2.31. The summed E-state index contributed by atoms with van der Waals surface area (Å²) >= 11 is 1.24. The SMILES string of the molecule is COc1cccc(C#N)c1NC(=O)c1sccc1N. The van der Waals surface area contributed by atoms with Gasteiger partial charge in [0.15, 0.2) is 0 Å². The van der Waals surface area contributed by atoms with Gasteiger partial charge in [-0.2, -0.15) is 5.26 Å². The predicted octanol–water partition coefficient (Wildman–Crippen LogP) is 2.46. The van der Waals surface area contributed by atoms with Gasteiger partial charge in [0.1, 0.15) is 22.4 Å². The van der Waals surface area contributed by atoms with Crippen molar-refractivity contribution in [2.45, 2.75) is 0 Å². The molecule has 0 bridgehead atoms. The van der Waals surface area contributed by atoms with Crippen molar-refractivity contribution in [2.24, 2.45) is 0 Å². The van der Waals surface area contributed by atoms with E-state index in [0.717, 1.165) is 0 Å². The van der Waals surface area contributed by atoms with Crippen molar-refractivity contribution in [3.05, 3.63) is 40.1 Å². The Morgan fingerprint density at radius 1 is 1.47 bits per heavy atom. The van der Waals surface area contributed by atoms with Crippen molar-refractivity contribution >= 4 is 28.6 Å². The molecule has 0 aliphatic heterocycles. The molecule has 0 saturated carbocycles. The molecule has 1 aromatic heterocycles. The molecule has 0 spiro atoms. The normalized spacial score (nSPS) is 9.68. The van der Waals surface area contributed by atoms with Gasteiger partial charge in [-0.15, -0.1) is 11.3 Å². The quantitative estimate of drug-likeness (QED) is 0.899. The highest BCUT2D eigenvalue weighted by atomic mass is 32.1. The van der Waals surface area contributed by atoms with Crippen LogP contribution in [0.5, 0.6) is 5.75 Å². The lowest BCUT2D eigenvalue weighted by Gasteiger charge is -2.11. The summed E-state index contributed by atoms with van der Waals surface area (Å²) in [5.41, 5.74) is 6.79. The zero-order valence-electron chi connectivity index (χ0n) is 10.1. The van der Waals surface area contributed by atoms with E-state index in [0.29, 0.717) is 27.6 Å². The topological polar surface area (TPSA) is 88.1 Å². The Bertz CT molecular complexity index is 658. The van der Waals surface area contributed by atoms with Gasteiger partial charge in [0.2, 0.25) is 0 Å². The largest absolute Gasteiger partial charge is 0.495 e. The number of thiophene rings is 1. The number of nitrogens with one attached hydrogen (secondary N) is 1. The third-order valence-electron chi connectivity index (χ3n) is 2.51. The van der Waals surface area contributed by atoms with E-state index in [1.807, 2.05) is 6.07 Å². The molecule has 96 valence electrons. The van der Waals surface area contributed by atoms with Crippen molar-refractivity contribution in [2.75, 3.05) is 18.2 Å². The van der Waals surface area contributed by atoms with E-state index in [4.69, 9.17) is 15.7 Å². The van der Waals surface area contributed by atoms with Crippen LogP contribution in [0.3, 0.4) is 0 Å². The zero-order chi connectivity index (χ0) is 13.8. The van der Waals surface area contributed by atoms with Crippen LogP contribution in [0.15, 0.2) is 29.6 Å². The standard InChI is InChI=1S/C13H11N3O2S/c1-18-10-4-2-3-8(7-14)11(10)16-13(17)12-9(15)5-6-19-12/h2-6H,15H2,1H3,(H,16,17). The average molecular weight is 273 g/mol.